The molecule has 0 amide bonds. The van der Waals surface area contributed by atoms with Crippen molar-refractivity contribution >= 4 is 5.97 Å². The van der Waals surface area contributed by atoms with Crippen LogP contribution in [-0.4, -0.2) is 54.8 Å². The van der Waals surface area contributed by atoms with Crippen LogP contribution in [0.1, 0.15) is 32.1 Å². The number of hydrogen-bond acceptors (Lipinski definition) is 4. The SMILES string of the molecule is O=C(O)CCN1CCC(CNC2CC2)(COc2ccccc2F)CC1.c1ccccc1. The van der Waals surface area contributed by atoms with Crippen molar-refractivity contribution in [3.63, 3.8) is 0 Å². The lowest BCUT2D eigenvalue weighted by Gasteiger charge is -2.41. The van der Waals surface area contributed by atoms with Crippen LogP contribution in [0.15, 0.2) is 60.7 Å². The van der Waals surface area contributed by atoms with E-state index < -0.39 is 5.97 Å². The summed E-state index contributed by atoms with van der Waals surface area (Å²) in [7, 11) is 0. The third-order valence-corrected chi connectivity index (χ3v) is 5.94. The highest BCUT2D eigenvalue weighted by molar-refractivity contribution is 5.66. The van der Waals surface area contributed by atoms with E-state index in [1.807, 2.05) is 36.4 Å². The first-order chi connectivity index (χ1) is 15.1. The van der Waals surface area contributed by atoms with Crippen molar-refractivity contribution < 1.29 is 19.0 Å². The van der Waals surface area contributed by atoms with Gasteiger partial charge in [0.05, 0.1) is 13.0 Å². The van der Waals surface area contributed by atoms with Gasteiger partial charge in [0.1, 0.15) is 0 Å². The van der Waals surface area contributed by atoms with Gasteiger partial charge >= 0.3 is 5.97 Å². The molecular formula is C25H33FN2O3. The minimum Gasteiger partial charge on any atom is -0.490 e. The molecular weight excluding hydrogens is 395 g/mol. The Morgan fingerprint density at radius 3 is 2.23 bits per heavy atom. The third kappa shape index (κ3) is 8.31. The zero-order chi connectivity index (χ0) is 21.9. The highest BCUT2D eigenvalue weighted by Gasteiger charge is 2.37. The predicted octanol–water partition coefficient (Wildman–Crippen LogP) is 4.20. The van der Waals surface area contributed by atoms with Crippen LogP contribution >= 0.6 is 0 Å². The molecule has 5 nitrogen and oxygen atoms in total. The number of benzene rings is 2. The van der Waals surface area contributed by atoms with Gasteiger partial charge in [-0.1, -0.05) is 48.5 Å². The van der Waals surface area contributed by atoms with Gasteiger partial charge in [-0.3, -0.25) is 4.79 Å². The number of ether oxygens (including phenoxy) is 1. The molecule has 1 aliphatic heterocycles. The Kier molecular flexibility index (Phi) is 8.85. The highest BCUT2D eigenvalue weighted by atomic mass is 19.1. The van der Waals surface area contributed by atoms with E-state index in [1.165, 1.54) is 18.9 Å². The smallest absolute Gasteiger partial charge is 0.304 e. The van der Waals surface area contributed by atoms with Crippen LogP contribution in [0.5, 0.6) is 5.75 Å². The van der Waals surface area contributed by atoms with Gasteiger partial charge in [-0.05, 0) is 50.9 Å². The van der Waals surface area contributed by atoms with E-state index in [-0.39, 0.29) is 17.7 Å². The second-order valence-corrected chi connectivity index (χ2v) is 8.51. The molecule has 0 unspecified atom stereocenters. The van der Waals surface area contributed by atoms with E-state index in [9.17, 15) is 9.18 Å². The summed E-state index contributed by atoms with van der Waals surface area (Å²) in [5.41, 5.74) is -0.0232. The fraction of sp³-hybridized carbons (Fsp3) is 0.480. The summed E-state index contributed by atoms with van der Waals surface area (Å²) >= 11 is 0. The molecule has 1 heterocycles. The standard InChI is InChI=1S/C19H27FN2O3.C6H6/c20-16-3-1-2-4-17(16)25-14-19(13-21-15-5-6-15)8-11-22(12-9-19)10-7-18(23)24;1-2-4-6-5-3-1/h1-4,15,21H,5-14H2,(H,23,24);1-6H. The quantitative estimate of drug-likeness (QED) is 0.627. The third-order valence-electron chi connectivity index (χ3n) is 5.94. The van der Waals surface area contributed by atoms with Crippen molar-refractivity contribution in [1.82, 2.24) is 10.2 Å². The number of nitrogens with one attached hydrogen (secondary N) is 1. The maximum Gasteiger partial charge on any atom is 0.304 e. The van der Waals surface area contributed by atoms with Crippen LogP contribution in [0, 0.1) is 11.2 Å². The lowest BCUT2D eigenvalue weighted by molar-refractivity contribution is -0.137. The first kappa shape index (κ1) is 23.2. The Hall–Kier alpha value is -2.44. The number of likely N-dealkylation sites (tertiary alicyclic amines) is 1. The van der Waals surface area contributed by atoms with Crippen molar-refractivity contribution in [2.24, 2.45) is 5.41 Å². The molecule has 2 N–H and O–H groups in total. The number of hydrogen-bond donors (Lipinski definition) is 2. The Labute approximate surface area is 184 Å². The van der Waals surface area contributed by atoms with Crippen molar-refractivity contribution in [3.05, 3.63) is 66.5 Å². The fourth-order valence-electron chi connectivity index (χ4n) is 3.70. The number of para-hydroxylation sites is 1. The summed E-state index contributed by atoms with van der Waals surface area (Å²) in [6, 6.07) is 19.1. The normalized spacial score (nSPS) is 18.0. The molecule has 1 saturated carbocycles. The molecule has 6 heteroatoms. The maximum atomic E-state index is 13.8. The van der Waals surface area contributed by atoms with Crippen LogP contribution in [-0.2, 0) is 4.79 Å². The molecule has 168 valence electrons. The zero-order valence-corrected chi connectivity index (χ0v) is 18.0. The number of carboxylic acid groups (broad SMARTS) is 1. The van der Waals surface area contributed by atoms with Gasteiger partial charge in [0.25, 0.3) is 0 Å². The second-order valence-electron chi connectivity index (χ2n) is 8.51. The van der Waals surface area contributed by atoms with Crippen molar-refractivity contribution in [2.45, 2.75) is 38.1 Å². The minimum absolute atomic E-state index is 0.0232. The van der Waals surface area contributed by atoms with Gasteiger partial charge in [0.15, 0.2) is 11.6 Å². The van der Waals surface area contributed by atoms with Crippen LogP contribution in [0.3, 0.4) is 0 Å². The number of rotatable bonds is 9. The summed E-state index contributed by atoms with van der Waals surface area (Å²) in [6.45, 7) is 3.68. The topological polar surface area (TPSA) is 61.8 Å². The van der Waals surface area contributed by atoms with Gasteiger partial charge in [-0.15, -0.1) is 0 Å². The molecule has 2 aliphatic rings. The number of nitrogens with zero attached hydrogens (tertiary/aromatic N) is 1. The van der Waals surface area contributed by atoms with E-state index in [0.717, 1.165) is 32.5 Å². The van der Waals surface area contributed by atoms with E-state index in [2.05, 4.69) is 10.2 Å². The Morgan fingerprint density at radius 2 is 1.68 bits per heavy atom. The first-order valence-electron chi connectivity index (χ1n) is 11.1. The molecule has 1 saturated heterocycles. The summed E-state index contributed by atoms with van der Waals surface area (Å²) < 4.78 is 19.7. The molecule has 0 radical (unpaired) electrons. The number of piperidine rings is 1. The van der Waals surface area contributed by atoms with Gasteiger partial charge in [-0.2, -0.15) is 0 Å². The monoisotopic (exact) mass is 428 g/mol. The Balaban J connectivity index is 0.000000391. The Morgan fingerprint density at radius 1 is 1.06 bits per heavy atom. The molecule has 0 spiro atoms. The molecule has 0 bridgehead atoms. The summed E-state index contributed by atoms with van der Waals surface area (Å²) in [6.07, 6.45) is 4.50. The summed E-state index contributed by atoms with van der Waals surface area (Å²) in [5.74, 6) is -0.775. The van der Waals surface area contributed by atoms with E-state index in [1.54, 1.807) is 18.2 Å². The van der Waals surface area contributed by atoms with E-state index in [4.69, 9.17) is 9.84 Å². The molecule has 2 fully saturated rings. The molecule has 0 atom stereocenters. The van der Waals surface area contributed by atoms with Crippen molar-refractivity contribution in [2.75, 3.05) is 32.8 Å². The van der Waals surface area contributed by atoms with Gasteiger partial charge in [0.2, 0.25) is 0 Å². The van der Waals surface area contributed by atoms with Crippen LogP contribution in [0.2, 0.25) is 0 Å². The minimum atomic E-state index is -0.755. The second kappa shape index (κ2) is 11.8. The van der Waals surface area contributed by atoms with Crippen LogP contribution < -0.4 is 10.1 Å². The number of carbonyl (C=O) groups is 1. The number of halogens is 1. The molecule has 4 rings (SSSR count). The number of aliphatic carboxylic acids is 1. The van der Waals surface area contributed by atoms with Gasteiger partial charge < -0.3 is 20.1 Å². The summed E-state index contributed by atoms with van der Waals surface area (Å²) in [4.78, 5) is 13.0. The predicted molar refractivity (Wildman–Crippen MR) is 120 cm³/mol. The lowest BCUT2D eigenvalue weighted by atomic mass is 9.78. The van der Waals surface area contributed by atoms with Crippen LogP contribution in [0.4, 0.5) is 4.39 Å². The average molecular weight is 429 g/mol. The largest absolute Gasteiger partial charge is 0.490 e. The number of carboxylic acids is 1. The molecule has 1 aliphatic carbocycles. The summed E-state index contributed by atoms with van der Waals surface area (Å²) in [5, 5.41) is 12.4. The van der Waals surface area contributed by atoms with Gasteiger partial charge in [-0.25, -0.2) is 4.39 Å². The fourth-order valence-corrected chi connectivity index (χ4v) is 3.70. The molecule has 31 heavy (non-hydrogen) atoms. The van der Waals surface area contributed by atoms with Crippen molar-refractivity contribution in [1.29, 1.82) is 0 Å². The first-order valence-corrected chi connectivity index (χ1v) is 11.1. The maximum absolute atomic E-state index is 13.8. The average Bonchev–Trinajstić information content (AvgIpc) is 3.63. The van der Waals surface area contributed by atoms with Crippen molar-refractivity contribution in [3.8, 4) is 5.75 Å². The van der Waals surface area contributed by atoms with E-state index >= 15 is 0 Å². The Bertz CT molecular complexity index is 764. The van der Waals surface area contributed by atoms with Gasteiger partial charge in [0, 0.05) is 24.5 Å². The lowest BCUT2D eigenvalue weighted by Crippen LogP contribution is -2.49. The highest BCUT2D eigenvalue weighted by Crippen LogP contribution is 2.33. The van der Waals surface area contributed by atoms with Crippen LogP contribution in [0.25, 0.3) is 0 Å². The molecule has 2 aromatic carbocycles. The molecule has 0 aromatic heterocycles. The molecule has 2 aromatic rings. The zero-order valence-electron chi connectivity index (χ0n) is 18.0. The van der Waals surface area contributed by atoms with E-state index in [0.29, 0.717) is 24.9 Å².